The van der Waals surface area contributed by atoms with E-state index in [1.807, 2.05) is 6.92 Å². The van der Waals surface area contributed by atoms with Gasteiger partial charge in [0.1, 0.15) is 35.7 Å². The highest BCUT2D eigenvalue weighted by molar-refractivity contribution is 5.76. The second-order valence-electron chi connectivity index (χ2n) is 4.96. The van der Waals surface area contributed by atoms with Crippen LogP contribution in [0.5, 0.6) is 11.5 Å². The van der Waals surface area contributed by atoms with Crippen molar-refractivity contribution in [2.75, 3.05) is 6.61 Å². The van der Waals surface area contributed by atoms with Crippen LogP contribution in [0.4, 0.5) is 4.39 Å². The van der Waals surface area contributed by atoms with Gasteiger partial charge in [-0.2, -0.15) is 0 Å². The Morgan fingerprint density at radius 3 is 3.10 bits per heavy atom. The molecule has 5 heteroatoms. The molecule has 0 fully saturated rings. The van der Waals surface area contributed by atoms with Crippen LogP contribution in [0.1, 0.15) is 21.7 Å². The summed E-state index contributed by atoms with van der Waals surface area (Å²) in [6.45, 7) is 2.09. The van der Waals surface area contributed by atoms with E-state index in [9.17, 15) is 9.18 Å². The first kappa shape index (κ1) is 13.5. The molecule has 3 rings (SSSR count). The third-order valence-corrected chi connectivity index (χ3v) is 3.33. The van der Waals surface area contributed by atoms with Gasteiger partial charge >= 0.3 is 0 Å². The topological polar surface area (TPSA) is 48.4 Å². The predicted molar refractivity (Wildman–Crippen MR) is 74.4 cm³/mol. The van der Waals surface area contributed by atoms with Crippen molar-refractivity contribution in [3.05, 3.63) is 53.1 Å². The number of fused-ring (bicyclic) bond motifs is 1. The fourth-order valence-corrected chi connectivity index (χ4v) is 2.34. The molecule has 0 amide bonds. The molecule has 1 aromatic heterocycles. The highest BCUT2D eigenvalue weighted by atomic mass is 19.1. The van der Waals surface area contributed by atoms with Crippen molar-refractivity contribution in [1.29, 1.82) is 0 Å². The van der Waals surface area contributed by atoms with Gasteiger partial charge in [0.25, 0.3) is 0 Å². The number of rotatable bonds is 4. The van der Waals surface area contributed by atoms with Crippen LogP contribution in [0.25, 0.3) is 0 Å². The van der Waals surface area contributed by atoms with E-state index in [4.69, 9.17) is 9.47 Å². The zero-order valence-electron chi connectivity index (χ0n) is 11.5. The van der Waals surface area contributed by atoms with E-state index in [-0.39, 0.29) is 24.2 Å². The van der Waals surface area contributed by atoms with Crippen LogP contribution < -0.4 is 9.47 Å². The molecule has 0 radical (unpaired) electrons. The normalized spacial score (nSPS) is 16.2. The third kappa shape index (κ3) is 2.86. The lowest BCUT2D eigenvalue weighted by Crippen LogP contribution is -2.22. The maximum Gasteiger partial charge on any atom is 0.172 e. The van der Waals surface area contributed by atoms with Gasteiger partial charge in [-0.05, 0) is 37.3 Å². The van der Waals surface area contributed by atoms with Gasteiger partial charge in [0.2, 0.25) is 0 Å². The summed E-state index contributed by atoms with van der Waals surface area (Å²) in [5.41, 5.74) is 1.86. The second-order valence-corrected chi connectivity index (χ2v) is 4.96. The van der Waals surface area contributed by atoms with Crippen LogP contribution in [-0.2, 0) is 6.42 Å². The fourth-order valence-electron chi connectivity index (χ4n) is 2.34. The van der Waals surface area contributed by atoms with Gasteiger partial charge in [-0.15, -0.1) is 0 Å². The van der Waals surface area contributed by atoms with E-state index in [2.05, 4.69) is 4.98 Å². The Morgan fingerprint density at radius 2 is 2.29 bits per heavy atom. The minimum absolute atomic E-state index is 0.192. The van der Waals surface area contributed by atoms with E-state index in [0.29, 0.717) is 24.2 Å². The standard InChI is InChI=1S/C16H14FNO3/c1-10-2-4-16(14(8-19)18-10)20-9-13-7-11-6-12(17)3-5-15(11)21-13/h2-6,8,13H,7,9H2,1H3. The summed E-state index contributed by atoms with van der Waals surface area (Å²) < 4.78 is 24.4. The predicted octanol–water partition coefficient (Wildman–Crippen LogP) is 2.72. The van der Waals surface area contributed by atoms with Gasteiger partial charge < -0.3 is 9.47 Å². The van der Waals surface area contributed by atoms with Crippen molar-refractivity contribution in [1.82, 2.24) is 4.98 Å². The van der Waals surface area contributed by atoms with E-state index in [1.54, 1.807) is 18.2 Å². The minimum atomic E-state index is -0.273. The molecule has 21 heavy (non-hydrogen) atoms. The number of hydrogen-bond acceptors (Lipinski definition) is 4. The molecule has 4 nitrogen and oxygen atoms in total. The number of aldehydes is 1. The number of aromatic nitrogens is 1. The molecule has 1 unspecified atom stereocenters. The van der Waals surface area contributed by atoms with E-state index in [0.717, 1.165) is 11.3 Å². The summed E-state index contributed by atoms with van der Waals surface area (Å²) in [5, 5.41) is 0. The molecule has 2 heterocycles. The third-order valence-electron chi connectivity index (χ3n) is 3.33. The number of carbonyl (C=O) groups is 1. The molecule has 108 valence electrons. The van der Waals surface area contributed by atoms with Crippen molar-refractivity contribution >= 4 is 6.29 Å². The molecule has 0 spiro atoms. The van der Waals surface area contributed by atoms with Crippen molar-refractivity contribution in [2.45, 2.75) is 19.4 Å². The summed E-state index contributed by atoms with van der Waals surface area (Å²) in [6.07, 6.45) is 1.06. The zero-order chi connectivity index (χ0) is 14.8. The molecule has 0 bridgehead atoms. The minimum Gasteiger partial charge on any atom is -0.487 e. The van der Waals surface area contributed by atoms with Crippen molar-refractivity contribution in [3.63, 3.8) is 0 Å². The summed E-state index contributed by atoms with van der Waals surface area (Å²) in [5.74, 6) is 0.842. The Balaban J connectivity index is 1.66. The van der Waals surface area contributed by atoms with Gasteiger partial charge in [-0.25, -0.2) is 9.37 Å². The van der Waals surface area contributed by atoms with Crippen molar-refractivity contribution < 1.29 is 18.7 Å². The fraction of sp³-hybridized carbons (Fsp3) is 0.250. The average molecular weight is 287 g/mol. The number of hydrogen-bond donors (Lipinski definition) is 0. The summed E-state index contributed by atoms with van der Waals surface area (Å²) in [6, 6.07) is 7.96. The average Bonchev–Trinajstić information content (AvgIpc) is 2.87. The Morgan fingerprint density at radius 1 is 1.43 bits per heavy atom. The number of carbonyl (C=O) groups excluding carboxylic acids is 1. The van der Waals surface area contributed by atoms with Crippen molar-refractivity contribution in [3.8, 4) is 11.5 Å². The molecule has 0 aliphatic carbocycles. The van der Waals surface area contributed by atoms with Crippen LogP contribution in [-0.4, -0.2) is 24.0 Å². The SMILES string of the molecule is Cc1ccc(OCC2Cc3cc(F)ccc3O2)c(C=O)n1. The van der Waals surface area contributed by atoms with Crippen LogP contribution in [0, 0.1) is 12.7 Å². The molecule has 1 atom stereocenters. The van der Waals surface area contributed by atoms with Gasteiger partial charge in [0.05, 0.1) is 0 Å². The van der Waals surface area contributed by atoms with Gasteiger partial charge in [-0.3, -0.25) is 4.79 Å². The zero-order valence-corrected chi connectivity index (χ0v) is 11.5. The smallest absolute Gasteiger partial charge is 0.172 e. The van der Waals surface area contributed by atoms with Gasteiger partial charge in [0.15, 0.2) is 6.29 Å². The van der Waals surface area contributed by atoms with Crippen LogP contribution >= 0.6 is 0 Å². The quantitative estimate of drug-likeness (QED) is 0.811. The Kier molecular flexibility index (Phi) is 3.56. The Bertz CT molecular complexity index is 687. The second kappa shape index (κ2) is 5.52. The van der Waals surface area contributed by atoms with Crippen molar-refractivity contribution in [2.24, 2.45) is 0 Å². The first-order valence-electron chi connectivity index (χ1n) is 6.66. The van der Waals surface area contributed by atoms with E-state index in [1.165, 1.54) is 12.1 Å². The number of halogens is 1. The Labute approximate surface area is 121 Å². The molecule has 1 aliphatic rings. The molecule has 0 saturated heterocycles. The number of ether oxygens (including phenoxy) is 2. The lowest BCUT2D eigenvalue weighted by Gasteiger charge is -2.13. The molecule has 0 saturated carbocycles. The maximum atomic E-state index is 13.1. The monoisotopic (exact) mass is 287 g/mol. The van der Waals surface area contributed by atoms with Crippen LogP contribution in [0.2, 0.25) is 0 Å². The first-order chi connectivity index (χ1) is 10.2. The lowest BCUT2D eigenvalue weighted by molar-refractivity contribution is 0.110. The highest BCUT2D eigenvalue weighted by Gasteiger charge is 2.24. The van der Waals surface area contributed by atoms with Crippen LogP contribution in [0.3, 0.4) is 0 Å². The number of aryl methyl sites for hydroxylation is 1. The number of benzene rings is 1. The van der Waals surface area contributed by atoms with E-state index >= 15 is 0 Å². The molecular formula is C16H14FNO3. The summed E-state index contributed by atoms with van der Waals surface area (Å²) in [4.78, 5) is 15.1. The molecule has 1 aromatic carbocycles. The highest BCUT2D eigenvalue weighted by Crippen LogP contribution is 2.29. The molecule has 1 aliphatic heterocycles. The van der Waals surface area contributed by atoms with E-state index < -0.39 is 0 Å². The maximum absolute atomic E-state index is 13.1. The van der Waals surface area contributed by atoms with Gasteiger partial charge in [0, 0.05) is 17.7 Å². The molecule has 2 aromatic rings. The summed E-state index contributed by atoms with van der Waals surface area (Å²) >= 11 is 0. The largest absolute Gasteiger partial charge is 0.487 e. The summed E-state index contributed by atoms with van der Waals surface area (Å²) in [7, 11) is 0. The first-order valence-corrected chi connectivity index (χ1v) is 6.66. The molecular weight excluding hydrogens is 273 g/mol. The van der Waals surface area contributed by atoms with Gasteiger partial charge in [-0.1, -0.05) is 0 Å². The number of nitrogens with zero attached hydrogens (tertiary/aromatic N) is 1. The molecule has 0 N–H and O–H groups in total. The lowest BCUT2D eigenvalue weighted by atomic mass is 10.1. The Hall–Kier alpha value is -2.43. The number of pyridine rings is 1. The van der Waals surface area contributed by atoms with Crippen LogP contribution in [0.15, 0.2) is 30.3 Å².